The van der Waals surface area contributed by atoms with Gasteiger partial charge in [-0.2, -0.15) is 0 Å². The Bertz CT molecular complexity index is 1380. The molecular formula is C35H46FO8PSi. The van der Waals surface area contributed by atoms with Crippen LogP contribution >= 0.6 is 7.60 Å². The number of halogens is 1. The highest BCUT2D eigenvalue weighted by Gasteiger charge is 2.54. The van der Waals surface area contributed by atoms with Gasteiger partial charge in [0.2, 0.25) is 0 Å². The summed E-state index contributed by atoms with van der Waals surface area (Å²) in [4.78, 5) is 13.2. The van der Waals surface area contributed by atoms with Crippen LogP contribution in [0.5, 0.6) is 0 Å². The molecule has 0 N–H and O–H groups in total. The molecule has 250 valence electrons. The van der Waals surface area contributed by atoms with E-state index >= 15 is 4.39 Å². The van der Waals surface area contributed by atoms with Crippen LogP contribution < -0.4 is 10.4 Å². The molecule has 4 atom stereocenters. The highest BCUT2D eigenvalue weighted by Crippen LogP contribution is 2.51. The second-order valence-electron chi connectivity index (χ2n) is 12.9. The summed E-state index contributed by atoms with van der Waals surface area (Å²) in [6.45, 7) is 13.2. The van der Waals surface area contributed by atoms with Crippen LogP contribution in [0, 0.1) is 0 Å². The lowest BCUT2D eigenvalue weighted by Gasteiger charge is -2.43. The molecule has 0 unspecified atom stereocenters. The summed E-state index contributed by atoms with van der Waals surface area (Å²) in [7, 11) is -6.82. The molecule has 4 rings (SSSR count). The fourth-order valence-corrected chi connectivity index (χ4v) is 12.1. The van der Waals surface area contributed by atoms with E-state index in [0.717, 1.165) is 10.4 Å². The summed E-state index contributed by atoms with van der Waals surface area (Å²) < 4.78 is 65.5. The van der Waals surface area contributed by atoms with Crippen LogP contribution in [0.4, 0.5) is 4.39 Å². The average molecular weight is 673 g/mol. The molecule has 1 saturated heterocycles. The van der Waals surface area contributed by atoms with Gasteiger partial charge >= 0.3 is 13.6 Å². The average Bonchev–Trinajstić information content (AvgIpc) is 3.30. The van der Waals surface area contributed by atoms with Gasteiger partial charge < -0.3 is 27.7 Å². The SMILES string of the molecule is CC(C)OP(=O)(CO[C@H]1O[C@H](CO[Si](c2ccccc2)(c2ccccc2)C(C)(C)C)[C@H](OC(=O)c2ccccc2)[C@@H]1F)OC(C)C. The van der Waals surface area contributed by atoms with E-state index in [2.05, 4.69) is 45.0 Å². The van der Waals surface area contributed by atoms with Crippen LogP contribution in [0.3, 0.4) is 0 Å². The first kappa shape index (κ1) is 36.1. The Hall–Kier alpha value is -2.69. The minimum Gasteiger partial charge on any atom is -0.453 e. The monoisotopic (exact) mass is 672 g/mol. The Morgan fingerprint density at radius 1 is 0.848 bits per heavy atom. The molecule has 0 aromatic heterocycles. The van der Waals surface area contributed by atoms with Crippen LogP contribution in [0.25, 0.3) is 0 Å². The maximum atomic E-state index is 16.2. The van der Waals surface area contributed by atoms with E-state index in [1.165, 1.54) is 0 Å². The van der Waals surface area contributed by atoms with Gasteiger partial charge in [-0.3, -0.25) is 4.57 Å². The maximum Gasteiger partial charge on any atom is 0.356 e. The number of hydrogen-bond acceptors (Lipinski definition) is 8. The lowest BCUT2D eigenvalue weighted by atomic mass is 10.1. The normalized spacial score (nSPS) is 20.7. The lowest BCUT2D eigenvalue weighted by Crippen LogP contribution is -2.67. The zero-order valence-electron chi connectivity index (χ0n) is 27.6. The first-order valence-corrected chi connectivity index (χ1v) is 19.3. The van der Waals surface area contributed by atoms with Gasteiger partial charge in [-0.25, -0.2) is 9.18 Å². The van der Waals surface area contributed by atoms with Gasteiger partial charge in [-0.05, 0) is 55.2 Å². The van der Waals surface area contributed by atoms with Gasteiger partial charge in [0.15, 0.2) is 24.9 Å². The molecule has 1 aliphatic rings. The third-order valence-corrected chi connectivity index (χ3v) is 14.5. The number of rotatable bonds is 14. The fraction of sp³-hybridized carbons (Fsp3) is 0.457. The Balaban J connectivity index is 1.66. The van der Waals surface area contributed by atoms with Crippen LogP contribution in [0.1, 0.15) is 58.8 Å². The zero-order chi connectivity index (χ0) is 33.5. The molecule has 0 radical (unpaired) electrons. The van der Waals surface area contributed by atoms with E-state index in [0.29, 0.717) is 0 Å². The standard InChI is InChI=1S/C35H46FO8PSi/c1-25(2)43-45(38,44-26(3)4)24-39-34-31(36)32(42-33(37)27-17-11-8-12-18-27)30(41-34)23-40-46(35(5,6)7,28-19-13-9-14-20-28)29-21-15-10-16-22-29/h8-22,25-26,30-32,34H,23-24H2,1-7H3/t30-,31+,32+,34+/m1/s1. The van der Waals surface area contributed by atoms with Gasteiger partial charge in [-0.1, -0.05) is 99.6 Å². The van der Waals surface area contributed by atoms with Crippen LogP contribution in [-0.2, 0) is 32.2 Å². The summed E-state index contributed by atoms with van der Waals surface area (Å²) in [5.74, 6) is -0.704. The van der Waals surface area contributed by atoms with E-state index in [4.69, 9.17) is 27.7 Å². The summed E-state index contributed by atoms with van der Waals surface area (Å²) >= 11 is 0. The molecule has 11 heteroatoms. The topological polar surface area (TPSA) is 89.5 Å². The summed E-state index contributed by atoms with van der Waals surface area (Å²) in [5.41, 5.74) is 0.269. The number of ether oxygens (including phenoxy) is 3. The van der Waals surface area contributed by atoms with Crippen LogP contribution in [-0.4, -0.2) is 64.1 Å². The van der Waals surface area contributed by atoms with Gasteiger partial charge in [0.1, 0.15) is 6.10 Å². The second kappa shape index (κ2) is 15.5. The first-order valence-electron chi connectivity index (χ1n) is 15.6. The third-order valence-electron chi connectivity index (χ3n) is 7.52. The first-order chi connectivity index (χ1) is 21.8. The van der Waals surface area contributed by atoms with Crippen molar-refractivity contribution >= 4 is 32.3 Å². The molecular weight excluding hydrogens is 626 g/mol. The molecule has 0 amide bonds. The molecule has 3 aromatic rings. The predicted octanol–water partition coefficient (Wildman–Crippen LogP) is 6.87. The molecule has 1 aliphatic heterocycles. The van der Waals surface area contributed by atoms with Crippen LogP contribution in [0.15, 0.2) is 91.0 Å². The maximum absolute atomic E-state index is 16.2. The van der Waals surface area contributed by atoms with Crippen molar-refractivity contribution in [3.63, 3.8) is 0 Å². The molecule has 0 aliphatic carbocycles. The number of carbonyl (C=O) groups excluding carboxylic acids is 1. The summed E-state index contributed by atoms with van der Waals surface area (Å²) in [6, 6.07) is 28.4. The Morgan fingerprint density at radius 3 is 1.78 bits per heavy atom. The minimum absolute atomic E-state index is 0.0943. The van der Waals surface area contributed by atoms with Crippen molar-refractivity contribution < 1.29 is 41.4 Å². The van der Waals surface area contributed by atoms with E-state index in [1.54, 1.807) is 58.0 Å². The van der Waals surface area contributed by atoms with E-state index in [-0.39, 0.29) is 17.2 Å². The highest BCUT2D eigenvalue weighted by molar-refractivity contribution is 7.53. The van der Waals surface area contributed by atoms with Crippen molar-refractivity contribution in [1.82, 2.24) is 0 Å². The largest absolute Gasteiger partial charge is 0.453 e. The van der Waals surface area contributed by atoms with Crippen molar-refractivity contribution in [2.45, 2.75) is 90.4 Å². The van der Waals surface area contributed by atoms with Crippen molar-refractivity contribution in [2.75, 3.05) is 13.0 Å². The molecule has 0 spiro atoms. The fourth-order valence-electron chi connectivity index (χ4n) is 5.72. The Morgan fingerprint density at radius 2 is 1.33 bits per heavy atom. The number of esters is 1. The smallest absolute Gasteiger partial charge is 0.356 e. The molecule has 1 fully saturated rings. The molecule has 0 bridgehead atoms. The predicted molar refractivity (Wildman–Crippen MR) is 179 cm³/mol. The zero-order valence-corrected chi connectivity index (χ0v) is 29.5. The summed E-state index contributed by atoms with van der Waals surface area (Å²) in [5, 5.41) is 1.71. The molecule has 8 nitrogen and oxygen atoms in total. The minimum atomic E-state index is -3.77. The van der Waals surface area contributed by atoms with Crippen LogP contribution in [0.2, 0.25) is 5.04 Å². The van der Waals surface area contributed by atoms with Gasteiger partial charge in [-0.15, -0.1) is 0 Å². The van der Waals surface area contributed by atoms with Crippen molar-refractivity contribution in [2.24, 2.45) is 0 Å². The van der Waals surface area contributed by atoms with E-state index in [9.17, 15) is 9.36 Å². The number of benzene rings is 3. The Kier molecular flexibility index (Phi) is 12.2. The van der Waals surface area contributed by atoms with E-state index in [1.807, 2.05) is 36.4 Å². The second-order valence-corrected chi connectivity index (χ2v) is 19.1. The van der Waals surface area contributed by atoms with Gasteiger partial charge in [0.05, 0.1) is 24.4 Å². The van der Waals surface area contributed by atoms with E-state index < -0.39 is 65.1 Å². The van der Waals surface area contributed by atoms with Crippen molar-refractivity contribution in [1.29, 1.82) is 0 Å². The van der Waals surface area contributed by atoms with Gasteiger partial charge in [0.25, 0.3) is 8.32 Å². The molecule has 0 saturated carbocycles. The number of carbonyl (C=O) groups is 1. The summed E-state index contributed by atoms with van der Waals surface area (Å²) in [6.07, 6.45) is -7.22. The lowest BCUT2D eigenvalue weighted by molar-refractivity contribution is -0.149. The van der Waals surface area contributed by atoms with Gasteiger partial charge in [0, 0.05) is 0 Å². The Labute approximate surface area is 273 Å². The third kappa shape index (κ3) is 8.61. The molecule has 46 heavy (non-hydrogen) atoms. The van der Waals surface area contributed by atoms with Crippen molar-refractivity contribution in [3.8, 4) is 0 Å². The van der Waals surface area contributed by atoms with Crippen molar-refractivity contribution in [3.05, 3.63) is 96.6 Å². The molecule has 1 heterocycles. The number of hydrogen-bond donors (Lipinski definition) is 0. The number of alkyl halides is 1. The molecule has 3 aromatic carbocycles. The quantitative estimate of drug-likeness (QED) is 0.104. The highest BCUT2D eigenvalue weighted by atomic mass is 31.2.